The molecule has 0 saturated carbocycles. The number of hydrogen-bond acceptors (Lipinski definition) is 2. The Morgan fingerprint density at radius 3 is 1.95 bits per heavy atom. The molecule has 0 spiro atoms. The Hall–Kier alpha value is 0.0112. The van der Waals surface area contributed by atoms with E-state index in [0.717, 1.165) is 13.1 Å². The summed E-state index contributed by atoms with van der Waals surface area (Å²) < 4.78 is 0. The van der Waals surface area contributed by atoms with Crippen LogP contribution in [-0.4, -0.2) is 45.8 Å². The molecule has 2 nitrogen and oxygen atoms in total. The van der Waals surface area contributed by atoms with Gasteiger partial charge in [0.2, 0.25) is 0 Å². The maximum absolute atomic E-state index is 3.85. The van der Waals surface area contributed by atoms with Gasteiger partial charge in [-0.05, 0) is 12.5 Å². The Kier molecular flexibility index (Phi) is 8.90. The summed E-state index contributed by atoms with van der Waals surface area (Å²) in [7, 11) is 3.73. The van der Waals surface area contributed by atoms with Gasteiger partial charge < -0.3 is 24.7 Å². The first-order valence-corrected chi connectivity index (χ1v) is 10.0. The van der Waals surface area contributed by atoms with Gasteiger partial charge >= 0.3 is 21.7 Å². The van der Waals surface area contributed by atoms with Crippen molar-refractivity contribution in [3.8, 4) is 0 Å². The van der Waals surface area contributed by atoms with Crippen LogP contribution >= 0.6 is 0 Å². The third-order valence-electron chi connectivity index (χ3n) is 4.05. The molecule has 0 aromatic rings. The number of hydrogen-bond donors (Lipinski definition) is 0. The van der Waals surface area contributed by atoms with Crippen LogP contribution in [0.15, 0.2) is 17.0 Å². The smallest absolute Gasteiger partial charge is 0.448 e. The molecule has 1 unspecified atom stereocenters. The van der Waals surface area contributed by atoms with E-state index < -0.39 is 8.80 Å². The molecule has 0 N–H and O–H groups in total. The van der Waals surface area contributed by atoms with E-state index in [1.54, 1.807) is 5.70 Å². The molecule has 1 aliphatic carbocycles. The van der Waals surface area contributed by atoms with E-state index >= 15 is 0 Å². The third kappa shape index (κ3) is 4.27. The van der Waals surface area contributed by atoms with Crippen LogP contribution in [0.4, 0.5) is 0 Å². The summed E-state index contributed by atoms with van der Waals surface area (Å²) in [4.78, 5) is 4.92. The first-order chi connectivity index (χ1) is 8.23. The van der Waals surface area contributed by atoms with Crippen molar-refractivity contribution in [3.05, 3.63) is 37.9 Å². The first-order valence-electron chi connectivity index (χ1n) is 7.04. The minimum absolute atomic E-state index is 0. The van der Waals surface area contributed by atoms with Crippen molar-refractivity contribution < 1.29 is 21.7 Å². The standard InChI is InChI=1S/C15H27N2Si.2CH3.Ti/c1-15(2,3)11-10-12(18(6)7)14-13(11)16(4)8-9-17(14)5;;;/h12,18H,8-9H2,1-7H3;2*1H3;/q3*-1;+3. The molecule has 0 saturated heterocycles. The van der Waals surface area contributed by atoms with E-state index in [0.29, 0.717) is 5.54 Å². The fraction of sp³-hybridized carbons (Fsp3) is 0.647. The van der Waals surface area contributed by atoms with Crippen LogP contribution in [0.5, 0.6) is 0 Å². The second kappa shape index (κ2) is 8.03. The summed E-state index contributed by atoms with van der Waals surface area (Å²) in [6.45, 7) is 14.1. The minimum Gasteiger partial charge on any atom is -0.448 e. The van der Waals surface area contributed by atoms with Crippen molar-refractivity contribution in [1.82, 2.24) is 9.80 Å². The molecule has 4 heteroatoms. The van der Waals surface area contributed by atoms with E-state index in [4.69, 9.17) is 0 Å². The Labute approximate surface area is 150 Å². The van der Waals surface area contributed by atoms with E-state index in [-0.39, 0.29) is 42.0 Å². The van der Waals surface area contributed by atoms with Gasteiger partial charge in [-0.2, -0.15) is 5.57 Å². The zero-order valence-corrected chi connectivity index (χ0v) is 18.2. The fourth-order valence-corrected chi connectivity index (χ4v) is 4.50. The molecule has 0 aromatic heterocycles. The van der Waals surface area contributed by atoms with Gasteiger partial charge in [0.25, 0.3) is 0 Å². The molecule has 0 bridgehead atoms. The molecule has 2 rings (SSSR count). The summed E-state index contributed by atoms with van der Waals surface area (Å²) >= 11 is 0. The minimum atomic E-state index is -0.751. The average molecular weight is 341 g/mol. The predicted molar refractivity (Wildman–Crippen MR) is 94.0 cm³/mol. The zero-order chi connectivity index (χ0) is 13.7. The van der Waals surface area contributed by atoms with Gasteiger partial charge in [0, 0.05) is 28.9 Å². The van der Waals surface area contributed by atoms with Crippen molar-refractivity contribution in [1.29, 1.82) is 0 Å². The average Bonchev–Trinajstić information content (AvgIpc) is 2.64. The van der Waals surface area contributed by atoms with Gasteiger partial charge in [0.05, 0.1) is 0 Å². The van der Waals surface area contributed by atoms with Gasteiger partial charge in [-0.1, -0.05) is 50.8 Å². The van der Waals surface area contributed by atoms with Crippen molar-refractivity contribution in [3.63, 3.8) is 0 Å². The molecular weight excluding hydrogens is 308 g/mol. The number of likely N-dealkylation sites (N-methyl/N-ethyl adjacent to an activating group) is 2. The van der Waals surface area contributed by atoms with Crippen molar-refractivity contribution in [2.45, 2.75) is 39.4 Å². The number of allylic oxidation sites excluding steroid dienone is 2. The Morgan fingerprint density at radius 1 is 1.05 bits per heavy atom. The van der Waals surface area contributed by atoms with Crippen LogP contribution in [0.3, 0.4) is 0 Å². The Morgan fingerprint density at radius 2 is 1.52 bits per heavy atom. The Bertz CT molecular complexity index is 408. The second-order valence-electron chi connectivity index (χ2n) is 7.07. The van der Waals surface area contributed by atoms with Crippen LogP contribution in [0.1, 0.15) is 20.8 Å². The largest absolute Gasteiger partial charge is 3.00 e. The molecule has 0 aromatic carbocycles. The second-order valence-corrected chi connectivity index (χ2v) is 10.2. The molecule has 119 valence electrons. The van der Waals surface area contributed by atoms with Gasteiger partial charge in [0.1, 0.15) is 0 Å². The van der Waals surface area contributed by atoms with Crippen LogP contribution in [-0.2, 0) is 21.7 Å². The van der Waals surface area contributed by atoms with Gasteiger partial charge in [-0.3, -0.25) is 6.08 Å². The summed E-state index contributed by atoms with van der Waals surface area (Å²) in [5.41, 5.74) is 5.27. The fourth-order valence-electron chi connectivity index (χ4n) is 2.96. The molecule has 0 fully saturated rings. The van der Waals surface area contributed by atoms with Crippen LogP contribution < -0.4 is 0 Å². The topological polar surface area (TPSA) is 6.48 Å². The molecule has 0 amide bonds. The van der Waals surface area contributed by atoms with E-state index in [1.165, 1.54) is 11.3 Å². The van der Waals surface area contributed by atoms with Crippen LogP contribution in [0.25, 0.3) is 0 Å². The van der Waals surface area contributed by atoms with Gasteiger partial charge in [-0.25, -0.2) is 0 Å². The molecule has 2 aliphatic rings. The molecule has 1 radical (unpaired) electrons. The maximum atomic E-state index is 3.85. The molecule has 1 heterocycles. The summed E-state index contributed by atoms with van der Waals surface area (Å²) in [5, 5.41) is 0. The summed E-state index contributed by atoms with van der Waals surface area (Å²) in [5.74, 6) is 0. The van der Waals surface area contributed by atoms with Crippen LogP contribution in [0, 0.1) is 26.3 Å². The maximum Gasteiger partial charge on any atom is 3.00 e. The van der Waals surface area contributed by atoms with Gasteiger partial charge in [0.15, 0.2) is 0 Å². The predicted octanol–water partition coefficient (Wildman–Crippen LogP) is 3.62. The third-order valence-corrected chi connectivity index (χ3v) is 5.87. The first kappa shape index (κ1) is 23.3. The van der Waals surface area contributed by atoms with E-state index in [9.17, 15) is 0 Å². The van der Waals surface area contributed by atoms with Gasteiger partial charge in [-0.15, -0.1) is 0 Å². The van der Waals surface area contributed by atoms with Crippen molar-refractivity contribution in [2.24, 2.45) is 5.41 Å². The summed E-state index contributed by atoms with van der Waals surface area (Å²) in [6.07, 6.45) is 3.85. The van der Waals surface area contributed by atoms with Crippen LogP contribution in [0.2, 0.25) is 18.6 Å². The van der Waals surface area contributed by atoms with E-state index in [1.807, 2.05) is 0 Å². The normalized spacial score (nSPS) is 21.3. The Balaban J connectivity index is 0. The molecular formula is C17H33N2SiTi. The van der Waals surface area contributed by atoms with Crippen molar-refractivity contribution >= 4 is 8.80 Å². The quantitative estimate of drug-likeness (QED) is 0.531. The molecule has 1 aliphatic heterocycles. The SMILES string of the molecule is CN1CCN(C)C2=C1C(C(C)(C)C)=[C-]C2[SiH](C)C.[CH3-].[CH3-].[Ti+3]. The van der Waals surface area contributed by atoms with Crippen molar-refractivity contribution in [2.75, 3.05) is 27.2 Å². The molecule has 1 atom stereocenters. The number of rotatable bonds is 1. The number of nitrogens with zero attached hydrogens (tertiary/aromatic N) is 2. The zero-order valence-electron chi connectivity index (χ0n) is 15.5. The summed E-state index contributed by atoms with van der Waals surface area (Å²) in [6, 6.07) is 0. The monoisotopic (exact) mass is 341 g/mol. The molecule has 21 heavy (non-hydrogen) atoms. The van der Waals surface area contributed by atoms with E-state index in [2.05, 4.69) is 63.8 Å².